The molecule has 1 saturated carbocycles. The van der Waals surface area contributed by atoms with E-state index in [-0.39, 0.29) is 23.3 Å². The Hall–Kier alpha value is -2.17. The number of hydrogen-bond acceptors (Lipinski definition) is 3. The molecule has 0 aromatic carbocycles. The molecule has 3 aliphatic rings. The van der Waals surface area contributed by atoms with E-state index in [4.69, 9.17) is 0 Å². The first-order valence-corrected chi connectivity index (χ1v) is 9.65. The van der Waals surface area contributed by atoms with Crippen molar-refractivity contribution in [3.63, 3.8) is 0 Å². The van der Waals surface area contributed by atoms with Crippen LogP contribution in [0.4, 0.5) is 0 Å². The molecule has 2 aliphatic carbocycles. The van der Waals surface area contributed by atoms with E-state index in [1.54, 1.807) is 4.90 Å². The molecule has 138 valence electrons. The lowest BCUT2D eigenvalue weighted by Gasteiger charge is -2.42. The maximum atomic E-state index is 13.2. The van der Waals surface area contributed by atoms with E-state index in [2.05, 4.69) is 10.3 Å². The third kappa shape index (κ3) is 2.83. The van der Waals surface area contributed by atoms with Gasteiger partial charge in [-0.3, -0.25) is 14.6 Å². The fourth-order valence-electron chi connectivity index (χ4n) is 4.63. The second-order valence-corrected chi connectivity index (χ2v) is 8.81. The van der Waals surface area contributed by atoms with Crippen molar-refractivity contribution in [1.82, 2.24) is 15.2 Å². The van der Waals surface area contributed by atoms with Crippen LogP contribution in [0, 0.1) is 5.41 Å². The number of hydrogen-bond donors (Lipinski definition) is 1. The summed E-state index contributed by atoms with van der Waals surface area (Å²) in [5.41, 5.74) is 3.45. The van der Waals surface area contributed by atoms with Crippen molar-refractivity contribution >= 4 is 17.4 Å². The van der Waals surface area contributed by atoms with E-state index in [1.807, 2.05) is 39.1 Å². The summed E-state index contributed by atoms with van der Waals surface area (Å²) in [6, 6.07) is 1.74. The maximum Gasteiger partial charge on any atom is 0.255 e. The van der Waals surface area contributed by atoms with Crippen molar-refractivity contribution in [2.75, 3.05) is 0 Å². The molecule has 0 spiro atoms. The van der Waals surface area contributed by atoms with Crippen LogP contribution in [0.2, 0.25) is 0 Å². The molecule has 26 heavy (non-hydrogen) atoms. The molecule has 2 heterocycles. The number of rotatable bonds is 3. The molecule has 0 saturated heterocycles. The van der Waals surface area contributed by atoms with Crippen LogP contribution in [0.15, 0.2) is 18.3 Å². The molecule has 1 N–H and O–H groups in total. The molecule has 0 radical (unpaired) electrons. The van der Waals surface area contributed by atoms with E-state index in [0.29, 0.717) is 13.0 Å². The number of nitrogens with zero attached hydrogens (tertiary/aromatic N) is 2. The predicted molar refractivity (Wildman–Crippen MR) is 100 cm³/mol. The van der Waals surface area contributed by atoms with Gasteiger partial charge in [-0.25, -0.2) is 0 Å². The van der Waals surface area contributed by atoms with Crippen LogP contribution < -0.4 is 5.32 Å². The number of nitrogens with one attached hydrogen (secondary N) is 1. The highest BCUT2D eigenvalue weighted by molar-refractivity contribution is 6.23. The average Bonchev–Trinajstić information content (AvgIpc) is 3.21. The quantitative estimate of drug-likeness (QED) is 0.909. The SMILES string of the molecule is CC(C)(C)[C@H](C(=O)NC1CCCC1)N1Cc2ccnc3c2C(=CC3)C1=O. The van der Waals surface area contributed by atoms with Crippen molar-refractivity contribution in [3.05, 3.63) is 35.2 Å². The van der Waals surface area contributed by atoms with E-state index in [1.165, 1.54) is 12.8 Å². The Morgan fingerprint density at radius 1 is 1.31 bits per heavy atom. The summed E-state index contributed by atoms with van der Waals surface area (Å²) < 4.78 is 0. The lowest BCUT2D eigenvalue weighted by Crippen LogP contribution is -2.57. The summed E-state index contributed by atoms with van der Waals surface area (Å²) in [6.07, 6.45) is 8.90. The minimum absolute atomic E-state index is 0.0194. The Labute approximate surface area is 154 Å². The summed E-state index contributed by atoms with van der Waals surface area (Å²) in [5, 5.41) is 3.21. The molecule has 1 fully saturated rings. The summed E-state index contributed by atoms with van der Waals surface area (Å²) in [7, 11) is 0. The molecule has 0 unspecified atom stereocenters. The largest absolute Gasteiger partial charge is 0.352 e. The Morgan fingerprint density at radius 2 is 2.04 bits per heavy atom. The number of allylic oxidation sites excluding steroid dienone is 1. The second-order valence-electron chi connectivity index (χ2n) is 8.81. The number of pyridine rings is 1. The molecule has 4 rings (SSSR count). The Balaban J connectivity index is 1.66. The van der Waals surface area contributed by atoms with Gasteiger partial charge in [-0.2, -0.15) is 0 Å². The Kier molecular flexibility index (Phi) is 4.13. The van der Waals surface area contributed by atoms with Gasteiger partial charge in [0.15, 0.2) is 0 Å². The molecule has 1 aromatic heterocycles. The van der Waals surface area contributed by atoms with Crippen molar-refractivity contribution in [1.29, 1.82) is 0 Å². The van der Waals surface area contributed by atoms with E-state index < -0.39 is 6.04 Å². The smallest absolute Gasteiger partial charge is 0.255 e. The summed E-state index contributed by atoms with van der Waals surface area (Å²) in [6.45, 7) is 6.59. The minimum Gasteiger partial charge on any atom is -0.352 e. The monoisotopic (exact) mass is 353 g/mol. The summed E-state index contributed by atoms with van der Waals surface area (Å²) in [5.74, 6) is -0.0557. The highest BCUT2D eigenvalue weighted by Crippen LogP contribution is 2.38. The van der Waals surface area contributed by atoms with Crippen LogP contribution >= 0.6 is 0 Å². The number of carbonyl (C=O) groups excluding carboxylic acids is 2. The second kappa shape index (κ2) is 6.22. The zero-order valence-corrected chi connectivity index (χ0v) is 15.8. The third-order valence-electron chi connectivity index (χ3n) is 5.80. The van der Waals surface area contributed by atoms with Crippen molar-refractivity contribution < 1.29 is 9.59 Å². The number of amides is 2. The highest BCUT2D eigenvalue weighted by atomic mass is 16.2. The molecular weight excluding hydrogens is 326 g/mol. The zero-order valence-electron chi connectivity index (χ0n) is 15.8. The first-order chi connectivity index (χ1) is 12.4. The normalized spacial score (nSPS) is 20.8. The summed E-state index contributed by atoms with van der Waals surface area (Å²) in [4.78, 5) is 32.6. The highest BCUT2D eigenvalue weighted by Gasteiger charge is 2.44. The van der Waals surface area contributed by atoms with E-state index in [0.717, 1.165) is 35.2 Å². The molecule has 5 nitrogen and oxygen atoms in total. The van der Waals surface area contributed by atoms with Gasteiger partial charge in [0.1, 0.15) is 6.04 Å². The van der Waals surface area contributed by atoms with Gasteiger partial charge in [-0.05, 0) is 29.9 Å². The zero-order chi connectivity index (χ0) is 18.5. The van der Waals surface area contributed by atoms with Crippen LogP contribution in [0.3, 0.4) is 0 Å². The fraction of sp³-hybridized carbons (Fsp3) is 0.571. The predicted octanol–water partition coefficient (Wildman–Crippen LogP) is 2.84. The standard InChI is InChI=1S/C21H27N3O2/c1-21(2,3)18(19(25)23-14-6-4-5-7-14)24-12-13-10-11-22-16-9-8-15(17(13)16)20(24)26/h8,10-11,14,18H,4-7,9,12H2,1-3H3,(H,23,25)/t18-/m0/s1. The van der Waals surface area contributed by atoms with Crippen molar-refractivity contribution in [3.8, 4) is 0 Å². The maximum absolute atomic E-state index is 13.2. The number of aromatic nitrogens is 1. The van der Waals surface area contributed by atoms with Gasteiger partial charge < -0.3 is 10.2 Å². The molecule has 1 aliphatic heterocycles. The molecule has 1 atom stereocenters. The van der Waals surface area contributed by atoms with Crippen LogP contribution in [-0.2, 0) is 22.6 Å². The topological polar surface area (TPSA) is 62.3 Å². The minimum atomic E-state index is -0.484. The van der Waals surface area contributed by atoms with Gasteiger partial charge in [0.05, 0.1) is 5.69 Å². The lowest BCUT2D eigenvalue weighted by atomic mass is 9.82. The Morgan fingerprint density at radius 3 is 2.73 bits per heavy atom. The van der Waals surface area contributed by atoms with E-state index >= 15 is 0 Å². The Bertz CT molecular complexity index is 785. The lowest BCUT2D eigenvalue weighted by molar-refractivity contribution is -0.142. The molecule has 5 heteroatoms. The van der Waals surface area contributed by atoms with E-state index in [9.17, 15) is 9.59 Å². The van der Waals surface area contributed by atoms with Gasteiger partial charge in [-0.15, -0.1) is 0 Å². The average molecular weight is 353 g/mol. The fourth-order valence-corrected chi connectivity index (χ4v) is 4.63. The van der Waals surface area contributed by atoms with Crippen LogP contribution in [-0.4, -0.2) is 33.8 Å². The van der Waals surface area contributed by atoms with Crippen LogP contribution in [0.1, 0.15) is 63.3 Å². The van der Waals surface area contributed by atoms with Crippen molar-refractivity contribution in [2.45, 2.75) is 71.5 Å². The number of carbonyl (C=O) groups is 2. The molecule has 0 bridgehead atoms. The van der Waals surface area contributed by atoms with Gasteiger partial charge in [0, 0.05) is 36.3 Å². The summed E-state index contributed by atoms with van der Waals surface area (Å²) >= 11 is 0. The molecule has 1 aromatic rings. The van der Waals surface area contributed by atoms with Gasteiger partial charge in [0.2, 0.25) is 5.91 Å². The van der Waals surface area contributed by atoms with Crippen LogP contribution in [0.5, 0.6) is 0 Å². The molecular formula is C21H27N3O2. The van der Waals surface area contributed by atoms with Gasteiger partial charge >= 0.3 is 0 Å². The van der Waals surface area contributed by atoms with Gasteiger partial charge in [-0.1, -0.05) is 39.7 Å². The third-order valence-corrected chi connectivity index (χ3v) is 5.80. The first-order valence-electron chi connectivity index (χ1n) is 9.65. The first kappa shape index (κ1) is 17.3. The molecule has 2 amide bonds. The van der Waals surface area contributed by atoms with Gasteiger partial charge in [0.25, 0.3) is 5.91 Å². The van der Waals surface area contributed by atoms with Crippen LogP contribution in [0.25, 0.3) is 5.57 Å². The van der Waals surface area contributed by atoms with Crippen molar-refractivity contribution in [2.24, 2.45) is 5.41 Å².